The molecule has 45 heavy (non-hydrogen) atoms. The van der Waals surface area contributed by atoms with E-state index in [-0.39, 0.29) is 42.3 Å². The molecule has 1 aromatic rings. The first kappa shape index (κ1) is 36.3. The predicted octanol–water partition coefficient (Wildman–Crippen LogP) is 5.87. The van der Waals surface area contributed by atoms with Gasteiger partial charge in [0.1, 0.15) is 5.78 Å². The van der Waals surface area contributed by atoms with Gasteiger partial charge in [-0.1, -0.05) is 56.6 Å². The van der Waals surface area contributed by atoms with Crippen LogP contribution in [0.4, 0.5) is 0 Å². The lowest BCUT2D eigenvalue weighted by molar-refractivity contribution is -0.137. The van der Waals surface area contributed by atoms with Crippen LogP contribution in [0.2, 0.25) is 0 Å². The number of methoxy groups -OCH3 is 1. The van der Waals surface area contributed by atoms with E-state index in [0.29, 0.717) is 44.8 Å². The number of unbranched alkanes of at least 4 members (excludes halogenated alkanes) is 3. The molecule has 250 valence electrons. The number of carbonyl (C=O) groups is 3. The third kappa shape index (κ3) is 12.3. The minimum atomic E-state index is -0.801. The standard InChI is InChI=1S/C20H32O5.C16H21NO3/c1-2-3-6-9-15(21)12-13-17-16(18(22)14-19(17)23)10-7-4-5-8-11-20(24)25;1-19-14-7-6-11(12-9-16(18)17-10-12)8-15(14)20-13-4-2-3-5-13/h4,7,12-13,15-17,19,21,23H,2-3,5-6,8-11,14H2,1H3,(H,24,25);6-8,12-13H,2-5,9-10H2,1H3,(H,17,18)/b7-4-,13-12+;/t15-,16+,17+,19+;/m0./s1. The maximum absolute atomic E-state index is 12.1. The molecule has 2 aliphatic carbocycles. The van der Waals surface area contributed by atoms with Crippen molar-refractivity contribution in [1.29, 1.82) is 0 Å². The van der Waals surface area contributed by atoms with Crippen molar-refractivity contribution in [2.24, 2.45) is 11.8 Å². The van der Waals surface area contributed by atoms with Crippen molar-refractivity contribution in [1.82, 2.24) is 5.32 Å². The summed E-state index contributed by atoms with van der Waals surface area (Å²) in [6, 6.07) is 6.02. The van der Waals surface area contributed by atoms with Crippen LogP contribution in [0.25, 0.3) is 0 Å². The smallest absolute Gasteiger partial charge is 0.303 e. The molecule has 1 aromatic carbocycles. The Morgan fingerprint density at radius 1 is 1.09 bits per heavy atom. The van der Waals surface area contributed by atoms with E-state index in [1.807, 2.05) is 30.4 Å². The van der Waals surface area contributed by atoms with Gasteiger partial charge < -0.3 is 30.1 Å². The fourth-order valence-electron chi connectivity index (χ4n) is 6.28. The Morgan fingerprint density at radius 2 is 1.87 bits per heavy atom. The third-order valence-corrected chi connectivity index (χ3v) is 8.94. The number of hydrogen-bond donors (Lipinski definition) is 4. The summed E-state index contributed by atoms with van der Waals surface area (Å²) < 4.78 is 11.5. The molecule has 0 bridgehead atoms. The van der Waals surface area contributed by atoms with Crippen LogP contribution in [0.3, 0.4) is 0 Å². The number of aliphatic hydroxyl groups is 2. The normalized spacial score (nSPS) is 24.2. The molecule has 5 atom stereocenters. The molecule has 2 saturated carbocycles. The van der Waals surface area contributed by atoms with E-state index in [4.69, 9.17) is 14.6 Å². The maximum atomic E-state index is 12.1. The van der Waals surface area contributed by atoms with E-state index >= 15 is 0 Å². The zero-order valence-electron chi connectivity index (χ0n) is 27.0. The number of carboxylic acids is 1. The lowest BCUT2D eigenvalue weighted by Gasteiger charge is -2.18. The first-order chi connectivity index (χ1) is 21.7. The van der Waals surface area contributed by atoms with Gasteiger partial charge in [-0.05, 0) is 69.1 Å². The molecule has 0 spiro atoms. The third-order valence-electron chi connectivity index (χ3n) is 8.94. The van der Waals surface area contributed by atoms with Crippen LogP contribution in [0.15, 0.2) is 42.5 Å². The molecule has 0 aromatic heterocycles. The minimum Gasteiger partial charge on any atom is -0.493 e. The summed E-state index contributed by atoms with van der Waals surface area (Å²) in [5, 5.41) is 31.6. The van der Waals surface area contributed by atoms with E-state index in [9.17, 15) is 24.6 Å². The molecule has 1 unspecified atom stereocenters. The highest BCUT2D eigenvalue weighted by atomic mass is 16.5. The van der Waals surface area contributed by atoms with Crippen LogP contribution in [0.5, 0.6) is 11.5 Å². The number of allylic oxidation sites excluding steroid dienone is 2. The first-order valence-corrected chi connectivity index (χ1v) is 16.8. The van der Waals surface area contributed by atoms with Gasteiger partial charge in [-0.15, -0.1) is 0 Å². The van der Waals surface area contributed by atoms with Gasteiger partial charge in [-0.2, -0.15) is 0 Å². The van der Waals surface area contributed by atoms with Crippen LogP contribution in [-0.2, 0) is 14.4 Å². The fourth-order valence-corrected chi connectivity index (χ4v) is 6.28. The molecule has 1 amide bonds. The number of carboxylic acid groups (broad SMARTS) is 1. The second-order valence-electron chi connectivity index (χ2n) is 12.5. The van der Waals surface area contributed by atoms with Gasteiger partial charge in [0.15, 0.2) is 11.5 Å². The second-order valence-corrected chi connectivity index (χ2v) is 12.5. The number of ether oxygens (including phenoxy) is 2. The molecular weight excluding hydrogens is 574 g/mol. The molecule has 1 heterocycles. The van der Waals surface area contributed by atoms with Crippen molar-refractivity contribution in [3.05, 3.63) is 48.1 Å². The summed E-state index contributed by atoms with van der Waals surface area (Å²) in [5.41, 5.74) is 1.15. The highest BCUT2D eigenvalue weighted by molar-refractivity contribution is 5.84. The van der Waals surface area contributed by atoms with Gasteiger partial charge >= 0.3 is 5.97 Å². The SMILES string of the molecule is CCCCC[C@H](O)/C=C/[C@H]1[C@H](O)CC(=O)[C@@H]1C/C=C\CCCC(=O)O.COc1ccc(C2CNC(=O)C2)cc1OC1CCCC1. The topological polar surface area (TPSA) is 142 Å². The van der Waals surface area contributed by atoms with Crippen molar-refractivity contribution >= 4 is 17.7 Å². The number of amides is 1. The fraction of sp³-hybridized carbons (Fsp3) is 0.639. The Bertz CT molecular complexity index is 1140. The zero-order valence-corrected chi connectivity index (χ0v) is 27.0. The number of nitrogens with one attached hydrogen (secondary N) is 1. The predicted molar refractivity (Wildman–Crippen MR) is 173 cm³/mol. The highest BCUT2D eigenvalue weighted by Crippen LogP contribution is 2.36. The van der Waals surface area contributed by atoms with Crippen LogP contribution in [0, 0.1) is 11.8 Å². The van der Waals surface area contributed by atoms with Gasteiger partial charge in [0.05, 0.1) is 25.4 Å². The van der Waals surface area contributed by atoms with E-state index in [2.05, 4.69) is 12.2 Å². The summed E-state index contributed by atoms with van der Waals surface area (Å²) in [5.74, 6) is 0.711. The number of carbonyl (C=O) groups excluding carboxylic acids is 2. The van der Waals surface area contributed by atoms with Crippen LogP contribution in [0.1, 0.15) is 108 Å². The molecule has 9 nitrogen and oxygen atoms in total. The molecule has 0 radical (unpaired) electrons. The van der Waals surface area contributed by atoms with E-state index < -0.39 is 18.2 Å². The lowest BCUT2D eigenvalue weighted by atomic mass is 9.90. The Balaban J connectivity index is 0.000000250. The van der Waals surface area contributed by atoms with E-state index in [1.54, 1.807) is 19.3 Å². The van der Waals surface area contributed by atoms with E-state index in [1.165, 1.54) is 12.8 Å². The summed E-state index contributed by atoms with van der Waals surface area (Å²) in [7, 11) is 1.66. The van der Waals surface area contributed by atoms with Crippen LogP contribution < -0.4 is 14.8 Å². The Morgan fingerprint density at radius 3 is 2.53 bits per heavy atom. The maximum Gasteiger partial charge on any atom is 0.303 e. The van der Waals surface area contributed by atoms with Gasteiger partial charge in [-0.3, -0.25) is 14.4 Å². The van der Waals surface area contributed by atoms with E-state index in [0.717, 1.165) is 49.2 Å². The summed E-state index contributed by atoms with van der Waals surface area (Å²) >= 11 is 0. The van der Waals surface area contributed by atoms with Crippen molar-refractivity contribution in [3.63, 3.8) is 0 Å². The Labute approximate surface area is 268 Å². The van der Waals surface area contributed by atoms with Gasteiger partial charge in [-0.25, -0.2) is 0 Å². The number of hydrogen-bond acceptors (Lipinski definition) is 7. The molecule has 1 aliphatic heterocycles. The summed E-state index contributed by atoms with van der Waals surface area (Å²) in [6.45, 7) is 2.83. The molecule has 9 heteroatoms. The van der Waals surface area contributed by atoms with Gasteiger partial charge in [0.25, 0.3) is 0 Å². The van der Waals surface area contributed by atoms with Crippen molar-refractivity contribution in [2.75, 3.05) is 13.7 Å². The second kappa shape index (κ2) is 19.4. The molecular formula is C36H53NO8. The highest BCUT2D eigenvalue weighted by Gasteiger charge is 2.39. The average Bonchev–Trinajstić information content (AvgIpc) is 3.75. The number of aliphatic carboxylic acids is 1. The molecule has 3 fully saturated rings. The molecule has 4 rings (SSSR count). The summed E-state index contributed by atoms with van der Waals surface area (Å²) in [4.78, 5) is 33.9. The van der Waals surface area contributed by atoms with Crippen LogP contribution in [-0.4, -0.2) is 64.9 Å². The van der Waals surface area contributed by atoms with Crippen LogP contribution >= 0.6 is 0 Å². The summed E-state index contributed by atoms with van der Waals surface area (Å²) in [6.07, 6.45) is 17.7. The molecule has 1 saturated heterocycles. The number of rotatable bonds is 16. The number of benzene rings is 1. The number of Topliss-reactive ketones (excluding diaryl/α,β-unsaturated/α-hetero) is 1. The largest absolute Gasteiger partial charge is 0.493 e. The van der Waals surface area contributed by atoms with Crippen molar-refractivity contribution in [2.45, 2.75) is 121 Å². The molecule has 4 N–H and O–H groups in total. The first-order valence-electron chi connectivity index (χ1n) is 16.8. The average molecular weight is 628 g/mol. The minimum absolute atomic E-state index is 0.0535. The monoisotopic (exact) mass is 627 g/mol. The lowest BCUT2D eigenvalue weighted by Crippen LogP contribution is -2.18. The molecule has 3 aliphatic rings. The number of ketones is 1. The Hall–Kier alpha value is -3.17. The quantitative estimate of drug-likeness (QED) is 0.132. The van der Waals surface area contributed by atoms with Gasteiger partial charge in [0, 0.05) is 43.6 Å². The Kier molecular flexibility index (Phi) is 15.6. The number of aliphatic hydroxyl groups excluding tert-OH is 2. The zero-order chi connectivity index (χ0) is 32.6. The van der Waals surface area contributed by atoms with Crippen molar-refractivity contribution < 1.29 is 39.2 Å². The van der Waals surface area contributed by atoms with Crippen molar-refractivity contribution in [3.8, 4) is 11.5 Å². The van der Waals surface area contributed by atoms with Gasteiger partial charge in [0.2, 0.25) is 5.91 Å².